The minimum absolute atomic E-state index is 0.172. The first-order chi connectivity index (χ1) is 7.20. The third kappa shape index (κ3) is 3.18. The van der Waals surface area contributed by atoms with Crippen molar-refractivity contribution in [2.24, 2.45) is 0 Å². The molecule has 1 atom stereocenters. The van der Waals surface area contributed by atoms with Gasteiger partial charge in [0.15, 0.2) is 0 Å². The van der Waals surface area contributed by atoms with Crippen molar-refractivity contribution in [3.05, 3.63) is 35.4 Å². The smallest absolute Gasteiger partial charge is 0.247 e. The maximum absolute atomic E-state index is 5.37. The predicted molar refractivity (Wildman–Crippen MR) is 65.0 cm³/mol. The van der Waals surface area contributed by atoms with E-state index in [0.717, 1.165) is 12.8 Å². The summed E-state index contributed by atoms with van der Waals surface area (Å²) in [4.78, 5) is 0. The Labute approximate surface area is 96.4 Å². The van der Waals surface area contributed by atoms with Crippen molar-refractivity contribution in [2.75, 3.05) is 0 Å². The van der Waals surface area contributed by atoms with Crippen molar-refractivity contribution < 1.29 is 4.43 Å². The lowest BCUT2D eigenvalue weighted by Crippen LogP contribution is -2.06. The first-order valence-corrected chi connectivity index (χ1v) is 6.02. The Hall–Kier alpha value is -0.603. The summed E-state index contributed by atoms with van der Waals surface area (Å²) in [5.41, 5.74) is 2.69. The van der Waals surface area contributed by atoms with Crippen LogP contribution >= 0.6 is 0 Å². The summed E-state index contributed by atoms with van der Waals surface area (Å²) in [6.45, 7) is 6.61. The largest absolute Gasteiger partial charge is 0.412 e. The fourth-order valence-electron chi connectivity index (χ4n) is 1.87. The SMILES string of the molecule is CCCC(O[Si])c1ccccc1C(C)C. The first kappa shape index (κ1) is 12.5. The molecule has 0 heterocycles. The van der Waals surface area contributed by atoms with Gasteiger partial charge in [0.1, 0.15) is 0 Å². The molecule has 0 saturated carbocycles. The average Bonchev–Trinajstić information content (AvgIpc) is 2.26. The Morgan fingerprint density at radius 2 is 1.80 bits per heavy atom. The van der Waals surface area contributed by atoms with Crippen LogP contribution in [0, 0.1) is 0 Å². The lowest BCUT2D eigenvalue weighted by atomic mass is 9.92. The second kappa shape index (κ2) is 6.08. The lowest BCUT2D eigenvalue weighted by molar-refractivity contribution is 0.212. The number of hydrogen-bond donors (Lipinski definition) is 0. The molecule has 1 aromatic rings. The summed E-state index contributed by atoms with van der Waals surface area (Å²) in [6.07, 6.45) is 2.35. The number of benzene rings is 1. The quantitative estimate of drug-likeness (QED) is 0.685. The third-order valence-corrected chi connectivity index (χ3v) is 2.94. The molecule has 0 fully saturated rings. The van der Waals surface area contributed by atoms with Gasteiger partial charge in [-0.05, 0) is 23.5 Å². The van der Waals surface area contributed by atoms with Crippen molar-refractivity contribution in [1.29, 1.82) is 0 Å². The van der Waals surface area contributed by atoms with Crippen molar-refractivity contribution in [3.63, 3.8) is 0 Å². The van der Waals surface area contributed by atoms with Gasteiger partial charge < -0.3 is 4.43 Å². The number of rotatable bonds is 5. The van der Waals surface area contributed by atoms with Crippen LogP contribution in [-0.4, -0.2) is 10.5 Å². The highest BCUT2D eigenvalue weighted by Gasteiger charge is 2.14. The zero-order valence-corrected chi connectivity index (χ0v) is 10.8. The van der Waals surface area contributed by atoms with Crippen molar-refractivity contribution in [1.82, 2.24) is 0 Å². The van der Waals surface area contributed by atoms with E-state index in [-0.39, 0.29) is 6.10 Å². The first-order valence-electron chi connectivity index (χ1n) is 5.61. The van der Waals surface area contributed by atoms with Crippen LogP contribution in [0.1, 0.15) is 56.8 Å². The van der Waals surface area contributed by atoms with Crippen LogP contribution in [0.25, 0.3) is 0 Å². The molecular formula is C13H19OSi. The molecule has 81 valence electrons. The van der Waals surface area contributed by atoms with Crippen LogP contribution in [-0.2, 0) is 4.43 Å². The summed E-state index contributed by atoms with van der Waals surface area (Å²) in [5, 5.41) is 0. The highest BCUT2D eigenvalue weighted by Crippen LogP contribution is 2.29. The van der Waals surface area contributed by atoms with Gasteiger partial charge in [0.05, 0.1) is 6.10 Å². The topological polar surface area (TPSA) is 9.23 Å². The van der Waals surface area contributed by atoms with E-state index in [1.165, 1.54) is 11.1 Å². The molecule has 0 aromatic heterocycles. The fraction of sp³-hybridized carbons (Fsp3) is 0.538. The molecule has 2 heteroatoms. The Balaban J connectivity index is 2.99. The minimum atomic E-state index is 0.172. The molecule has 0 bridgehead atoms. The standard InChI is InChI=1S/C13H19OSi/c1-4-7-13(14-15)12-9-6-5-8-11(12)10(2)3/h5-6,8-10,13H,4,7H2,1-3H3. The lowest BCUT2D eigenvalue weighted by Gasteiger charge is -2.20. The molecule has 0 N–H and O–H groups in total. The van der Waals surface area contributed by atoms with Crippen molar-refractivity contribution in [3.8, 4) is 0 Å². The molecule has 0 aliphatic heterocycles. The summed E-state index contributed by atoms with van der Waals surface area (Å²) < 4.78 is 5.37. The molecule has 1 nitrogen and oxygen atoms in total. The maximum Gasteiger partial charge on any atom is 0.247 e. The van der Waals surface area contributed by atoms with Gasteiger partial charge in [-0.3, -0.25) is 0 Å². The summed E-state index contributed by atoms with van der Waals surface area (Å²) in [7, 11) is 3.19. The molecular weight excluding hydrogens is 200 g/mol. The highest BCUT2D eigenvalue weighted by molar-refractivity contribution is 5.98. The fourth-order valence-corrected chi connectivity index (χ4v) is 2.11. The molecule has 3 radical (unpaired) electrons. The van der Waals surface area contributed by atoms with E-state index in [1.807, 2.05) is 0 Å². The van der Waals surface area contributed by atoms with Gasteiger partial charge >= 0.3 is 0 Å². The van der Waals surface area contributed by atoms with E-state index in [0.29, 0.717) is 5.92 Å². The summed E-state index contributed by atoms with van der Waals surface area (Å²) in [5.74, 6) is 0.544. The van der Waals surface area contributed by atoms with Crippen LogP contribution in [0.4, 0.5) is 0 Å². The molecule has 1 unspecified atom stereocenters. The molecule has 0 aliphatic carbocycles. The zero-order chi connectivity index (χ0) is 11.3. The van der Waals surface area contributed by atoms with E-state index in [2.05, 4.69) is 55.5 Å². The molecule has 0 aliphatic rings. The second-order valence-corrected chi connectivity index (χ2v) is 4.41. The highest BCUT2D eigenvalue weighted by atomic mass is 28.2. The second-order valence-electron chi connectivity index (χ2n) is 4.18. The van der Waals surface area contributed by atoms with E-state index in [4.69, 9.17) is 4.43 Å². The minimum Gasteiger partial charge on any atom is -0.412 e. The van der Waals surface area contributed by atoms with Crippen molar-refractivity contribution >= 4 is 10.5 Å². The van der Waals surface area contributed by atoms with Gasteiger partial charge in [0, 0.05) is 0 Å². The van der Waals surface area contributed by atoms with E-state index in [9.17, 15) is 0 Å². The average molecular weight is 219 g/mol. The molecule has 15 heavy (non-hydrogen) atoms. The Kier molecular flexibility index (Phi) is 5.06. The summed E-state index contributed by atoms with van der Waals surface area (Å²) in [6, 6.07) is 8.52. The van der Waals surface area contributed by atoms with Gasteiger partial charge in [-0.1, -0.05) is 51.5 Å². The van der Waals surface area contributed by atoms with E-state index >= 15 is 0 Å². The third-order valence-electron chi connectivity index (χ3n) is 2.66. The van der Waals surface area contributed by atoms with Crippen LogP contribution in [0.2, 0.25) is 0 Å². The number of hydrogen-bond acceptors (Lipinski definition) is 1. The van der Waals surface area contributed by atoms with E-state index < -0.39 is 0 Å². The molecule has 1 rings (SSSR count). The van der Waals surface area contributed by atoms with Crippen LogP contribution < -0.4 is 0 Å². The molecule has 0 saturated heterocycles. The van der Waals surface area contributed by atoms with Crippen LogP contribution in [0.3, 0.4) is 0 Å². The normalized spacial score (nSPS) is 13.1. The van der Waals surface area contributed by atoms with Gasteiger partial charge in [-0.25, -0.2) is 0 Å². The molecule has 0 amide bonds. The molecule has 1 aromatic carbocycles. The van der Waals surface area contributed by atoms with E-state index in [1.54, 1.807) is 0 Å². The Morgan fingerprint density at radius 1 is 1.20 bits per heavy atom. The maximum atomic E-state index is 5.37. The molecule has 0 spiro atoms. The van der Waals surface area contributed by atoms with Crippen molar-refractivity contribution in [2.45, 2.75) is 45.6 Å². The summed E-state index contributed by atoms with van der Waals surface area (Å²) >= 11 is 0. The zero-order valence-electron chi connectivity index (χ0n) is 9.79. The van der Waals surface area contributed by atoms with Gasteiger partial charge in [-0.2, -0.15) is 0 Å². The predicted octanol–water partition coefficient (Wildman–Crippen LogP) is 3.75. The van der Waals surface area contributed by atoms with Crippen LogP contribution in [0.5, 0.6) is 0 Å². The van der Waals surface area contributed by atoms with Gasteiger partial charge in [0.25, 0.3) is 0 Å². The monoisotopic (exact) mass is 219 g/mol. The van der Waals surface area contributed by atoms with Crippen LogP contribution in [0.15, 0.2) is 24.3 Å². The Morgan fingerprint density at radius 3 is 2.27 bits per heavy atom. The Bertz CT molecular complexity index is 296. The van der Waals surface area contributed by atoms with Gasteiger partial charge in [0.2, 0.25) is 10.5 Å². The van der Waals surface area contributed by atoms with Gasteiger partial charge in [-0.15, -0.1) is 0 Å².